The first-order valence-electron chi connectivity index (χ1n) is 8.27. The van der Waals surface area contributed by atoms with E-state index in [-0.39, 0.29) is 12.0 Å². The number of nitrogens with one attached hydrogen (secondary N) is 1. The summed E-state index contributed by atoms with van der Waals surface area (Å²) in [4.78, 5) is 12.0. The lowest BCUT2D eigenvalue weighted by molar-refractivity contribution is -0.119. The Kier molecular flexibility index (Phi) is 4.09. The van der Waals surface area contributed by atoms with Crippen molar-refractivity contribution >= 4 is 17.7 Å². The van der Waals surface area contributed by atoms with Crippen molar-refractivity contribution in [3.05, 3.63) is 5.82 Å². The predicted octanol–water partition coefficient (Wildman–Crippen LogP) is 1.88. The minimum Gasteiger partial charge on any atom is -0.376 e. The van der Waals surface area contributed by atoms with Crippen LogP contribution in [0.2, 0.25) is 0 Å². The van der Waals surface area contributed by atoms with Gasteiger partial charge in [0.15, 0.2) is 5.16 Å². The lowest BCUT2D eigenvalue weighted by Crippen LogP contribution is -2.32. The highest BCUT2D eigenvalue weighted by molar-refractivity contribution is 7.99. The normalized spacial score (nSPS) is 24.6. The molecule has 1 amide bonds. The summed E-state index contributed by atoms with van der Waals surface area (Å²) >= 11 is 1.51. The van der Waals surface area contributed by atoms with E-state index in [1.165, 1.54) is 37.4 Å². The van der Waals surface area contributed by atoms with E-state index in [1.807, 2.05) is 0 Å². The van der Waals surface area contributed by atoms with E-state index in [4.69, 9.17) is 4.74 Å². The van der Waals surface area contributed by atoms with E-state index < -0.39 is 0 Å². The Balaban J connectivity index is 1.30. The highest BCUT2D eigenvalue weighted by Crippen LogP contribution is 2.45. The number of nitrogens with zero attached hydrogens (tertiary/aromatic N) is 3. The van der Waals surface area contributed by atoms with Gasteiger partial charge in [-0.05, 0) is 38.5 Å². The van der Waals surface area contributed by atoms with Crippen molar-refractivity contribution in [3.63, 3.8) is 0 Å². The third kappa shape index (κ3) is 3.30. The topological polar surface area (TPSA) is 69.0 Å². The van der Waals surface area contributed by atoms with Crippen LogP contribution >= 0.6 is 11.8 Å². The molecule has 0 bridgehead atoms. The predicted molar refractivity (Wildman–Crippen MR) is 83.0 cm³/mol. The largest absolute Gasteiger partial charge is 0.376 e. The number of hydrogen-bond acceptors (Lipinski definition) is 5. The minimum atomic E-state index is 0.0545. The summed E-state index contributed by atoms with van der Waals surface area (Å²) in [5.41, 5.74) is 0. The van der Waals surface area contributed by atoms with E-state index in [0.29, 0.717) is 24.3 Å². The molecular formula is C15H22N4O2S. The second-order valence-electron chi connectivity index (χ2n) is 6.44. The van der Waals surface area contributed by atoms with Crippen molar-refractivity contribution in [1.29, 1.82) is 0 Å². The van der Waals surface area contributed by atoms with Gasteiger partial charge in [0, 0.05) is 25.1 Å². The Morgan fingerprint density at radius 3 is 2.82 bits per heavy atom. The molecule has 1 N–H and O–H groups in total. The molecule has 22 heavy (non-hydrogen) atoms. The summed E-state index contributed by atoms with van der Waals surface area (Å²) in [6.07, 6.45) is 7.25. The molecule has 1 aliphatic heterocycles. The number of carbonyl (C=O) groups is 1. The molecule has 1 aromatic rings. The fourth-order valence-corrected chi connectivity index (χ4v) is 3.74. The van der Waals surface area contributed by atoms with Gasteiger partial charge in [0.25, 0.3) is 0 Å². The molecule has 2 saturated carbocycles. The molecule has 0 aromatic carbocycles. The molecule has 1 unspecified atom stereocenters. The van der Waals surface area contributed by atoms with E-state index in [2.05, 4.69) is 20.1 Å². The molecule has 3 fully saturated rings. The van der Waals surface area contributed by atoms with E-state index in [9.17, 15) is 4.79 Å². The molecule has 2 heterocycles. The van der Waals surface area contributed by atoms with Crippen LogP contribution in [0, 0.1) is 0 Å². The van der Waals surface area contributed by atoms with Crippen LogP contribution in [0.5, 0.6) is 0 Å². The summed E-state index contributed by atoms with van der Waals surface area (Å²) in [5.74, 6) is 2.21. The van der Waals surface area contributed by atoms with Crippen LogP contribution in [0.4, 0.5) is 0 Å². The van der Waals surface area contributed by atoms with Gasteiger partial charge in [-0.15, -0.1) is 10.2 Å². The van der Waals surface area contributed by atoms with Gasteiger partial charge in [0.2, 0.25) is 5.91 Å². The van der Waals surface area contributed by atoms with Crippen LogP contribution in [0.15, 0.2) is 5.16 Å². The number of ether oxygens (including phenoxy) is 1. The van der Waals surface area contributed by atoms with Crippen molar-refractivity contribution in [2.24, 2.45) is 0 Å². The first kappa shape index (κ1) is 14.5. The molecule has 0 spiro atoms. The van der Waals surface area contributed by atoms with Crippen molar-refractivity contribution in [3.8, 4) is 0 Å². The van der Waals surface area contributed by atoms with Gasteiger partial charge < -0.3 is 14.6 Å². The number of aromatic nitrogens is 3. The molecule has 6 nitrogen and oxygen atoms in total. The molecule has 1 aromatic heterocycles. The highest BCUT2D eigenvalue weighted by atomic mass is 32.2. The number of hydrogen-bond donors (Lipinski definition) is 1. The van der Waals surface area contributed by atoms with E-state index in [1.54, 1.807) is 0 Å². The molecule has 0 radical (unpaired) electrons. The maximum atomic E-state index is 12.0. The second-order valence-corrected chi connectivity index (χ2v) is 7.39. The maximum Gasteiger partial charge on any atom is 0.230 e. The average molecular weight is 322 g/mol. The summed E-state index contributed by atoms with van der Waals surface area (Å²) < 4.78 is 7.80. The van der Waals surface area contributed by atoms with Gasteiger partial charge in [-0.1, -0.05) is 11.8 Å². The van der Waals surface area contributed by atoms with Crippen molar-refractivity contribution < 1.29 is 9.53 Å². The van der Waals surface area contributed by atoms with Gasteiger partial charge in [-0.25, -0.2) is 0 Å². The van der Waals surface area contributed by atoms with Crippen LogP contribution < -0.4 is 5.32 Å². The molecule has 7 heteroatoms. The number of amides is 1. The Bertz CT molecular complexity index is 548. The van der Waals surface area contributed by atoms with Crippen LogP contribution in [-0.2, 0) is 9.53 Å². The van der Waals surface area contributed by atoms with E-state index >= 15 is 0 Å². The first-order chi connectivity index (χ1) is 10.8. The van der Waals surface area contributed by atoms with Gasteiger partial charge in [0.05, 0.1) is 11.9 Å². The van der Waals surface area contributed by atoms with Gasteiger partial charge in [-0.3, -0.25) is 4.79 Å². The monoisotopic (exact) mass is 322 g/mol. The molecule has 120 valence electrons. The molecule has 3 aliphatic rings. The summed E-state index contributed by atoms with van der Waals surface area (Å²) in [5, 5.41) is 12.6. The van der Waals surface area contributed by atoms with Gasteiger partial charge in [-0.2, -0.15) is 0 Å². The maximum absolute atomic E-state index is 12.0. The molecule has 1 saturated heterocycles. The van der Waals surface area contributed by atoms with Crippen LogP contribution in [0.3, 0.4) is 0 Å². The minimum absolute atomic E-state index is 0.0545. The first-order valence-corrected chi connectivity index (χ1v) is 9.25. The second kappa shape index (κ2) is 6.20. The SMILES string of the molecule is O=C(CSc1nnc(C2CC2)n1C1CC1)NCC1CCCO1. The van der Waals surface area contributed by atoms with Crippen LogP contribution in [0.1, 0.15) is 56.3 Å². The number of thioether (sulfide) groups is 1. The van der Waals surface area contributed by atoms with Crippen molar-refractivity contribution in [2.45, 2.75) is 61.7 Å². The van der Waals surface area contributed by atoms with Crippen LogP contribution in [0.25, 0.3) is 0 Å². The Morgan fingerprint density at radius 1 is 1.27 bits per heavy atom. The third-order valence-corrected chi connectivity index (χ3v) is 5.37. The van der Waals surface area contributed by atoms with Gasteiger partial charge in [0.1, 0.15) is 5.82 Å². The fraction of sp³-hybridized carbons (Fsp3) is 0.800. The van der Waals surface area contributed by atoms with Crippen molar-refractivity contribution in [2.75, 3.05) is 18.9 Å². The zero-order valence-corrected chi connectivity index (χ0v) is 13.5. The van der Waals surface area contributed by atoms with Gasteiger partial charge >= 0.3 is 0 Å². The summed E-state index contributed by atoms with van der Waals surface area (Å²) in [6.45, 7) is 1.45. The molecule has 2 aliphatic carbocycles. The van der Waals surface area contributed by atoms with E-state index in [0.717, 1.165) is 30.4 Å². The third-order valence-electron chi connectivity index (χ3n) is 4.43. The van der Waals surface area contributed by atoms with Crippen LogP contribution in [-0.4, -0.2) is 45.7 Å². The molecule has 1 atom stereocenters. The number of rotatable bonds is 7. The molecule has 4 rings (SSSR count). The lowest BCUT2D eigenvalue weighted by atomic mass is 10.2. The summed E-state index contributed by atoms with van der Waals surface area (Å²) in [7, 11) is 0. The smallest absolute Gasteiger partial charge is 0.230 e. The molecular weight excluding hydrogens is 300 g/mol. The fourth-order valence-electron chi connectivity index (χ4n) is 2.90. The average Bonchev–Trinajstić information content (AvgIpc) is 3.45. The van der Waals surface area contributed by atoms with Crippen molar-refractivity contribution in [1.82, 2.24) is 20.1 Å². The standard InChI is InChI=1S/C15H22N4O2S/c20-13(16-8-12-2-1-7-21-12)9-22-15-18-17-14(10-3-4-10)19(15)11-5-6-11/h10-12H,1-9H2,(H,16,20). The Labute approximate surface area is 134 Å². The highest BCUT2D eigenvalue weighted by Gasteiger charge is 2.36. The lowest BCUT2D eigenvalue weighted by Gasteiger charge is -2.11. The zero-order valence-electron chi connectivity index (χ0n) is 12.7. The quantitative estimate of drug-likeness (QED) is 0.776. The Hall–Kier alpha value is -1.08. The number of carbonyl (C=O) groups excluding carboxylic acids is 1. The summed E-state index contributed by atoms with van der Waals surface area (Å²) in [6, 6.07) is 0.572. The zero-order chi connectivity index (χ0) is 14.9. The Morgan fingerprint density at radius 2 is 2.14 bits per heavy atom.